The highest BCUT2D eigenvalue weighted by atomic mass is 16.2. The van der Waals surface area contributed by atoms with Crippen LogP contribution in [0.15, 0.2) is 48.7 Å². The normalized spacial score (nSPS) is 13.9. The van der Waals surface area contributed by atoms with Crippen LogP contribution in [0.2, 0.25) is 0 Å². The molecule has 6 nitrogen and oxygen atoms in total. The van der Waals surface area contributed by atoms with Crippen LogP contribution in [0.1, 0.15) is 33.2 Å². The van der Waals surface area contributed by atoms with Gasteiger partial charge in [0, 0.05) is 61.8 Å². The molecule has 4 rings (SSSR count). The Kier molecular flexibility index (Phi) is 5.01. The number of aryl methyl sites for hydroxylation is 1. The molecule has 0 N–H and O–H groups in total. The molecule has 3 heterocycles. The van der Waals surface area contributed by atoms with Gasteiger partial charge in [-0.3, -0.25) is 9.78 Å². The molecule has 1 aromatic carbocycles. The van der Waals surface area contributed by atoms with Crippen LogP contribution in [0.5, 0.6) is 0 Å². The van der Waals surface area contributed by atoms with E-state index in [1.54, 1.807) is 6.20 Å². The van der Waals surface area contributed by atoms with Gasteiger partial charge in [-0.1, -0.05) is 18.2 Å². The molecule has 0 bridgehead atoms. The number of anilines is 1. The highest BCUT2D eigenvalue weighted by molar-refractivity contribution is 5.95. The first kappa shape index (κ1) is 19.1. The fourth-order valence-corrected chi connectivity index (χ4v) is 3.50. The molecule has 0 unspecified atom stereocenters. The number of benzene rings is 1. The molecule has 0 saturated carbocycles. The summed E-state index contributed by atoms with van der Waals surface area (Å²) >= 11 is 0. The Morgan fingerprint density at radius 1 is 1.03 bits per heavy atom. The van der Waals surface area contributed by atoms with E-state index in [2.05, 4.69) is 9.97 Å². The summed E-state index contributed by atoms with van der Waals surface area (Å²) in [5.74, 6) is 1.08. The Morgan fingerprint density at radius 2 is 1.76 bits per heavy atom. The van der Waals surface area contributed by atoms with Gasteiger partial charge >= 0.3 is 0 Å². The van der Waals surface area contributed by atoms with Crippen molar-refractivity contribution in [2.45, 2.75) is 19.8 Å². The standard InChI is InChI=1S/C23H25N5O/c1-15-16(2)25-23(27(3)4)26-21(15)17-8-10-18(11-9-17)22(29)28-13-19(14-28)20-7-5-6-12-24-20/h5-12,19H,13-14H2,1-4H3. The van der Waals surface area contributed by atoms with Crippen molar-refractivity contribution in [1.82, 2.24) is 19.9 Å². The third-order valence-corrected chi connectivity index (χ3v) is 5.46. The van der Waals surface area contributed by atoms with E-state index in [1.807, 2.05) is 80.2 Å². The van der Waals surface area contributed by atoms with Gasteiger partial charge in [0.05, 0.1) is 5.69 Å². The van der Waals surface area contributed by atoms with Gasteiger partial charge in [0.1, 0.15) is 0 Å². The van der Waals surface area contributed by atoms with Crippen molar-refractivity contribution >= 4 is 11.9 Å². The highest BCUT2D eigenvalue weighted by Crippen LogP contribution is 2.28. The first-order valence-corrected chi connectivity index (χ1v) is 9.77. The number of hydrogen-bond donors (Lipinski definition) is 0. The van der Waals surface area contributed by atoms with Crippen LogP contribution < -0.4 is 4.90 Å². The summed E-state index contributed by atoms with van der Waals surface area (Å²) in [5, 5.41) is 0. The molecule has 148 valence electrons. The summed E-state index contributed by atoms with van der Waals surface area (Å²) in [5.41, 5.74) is 5.65. The largest absolute Gasteiger partial charge is 0.347 e. The zero-order valence-electron chi connectivity index (χ0n) is 17.3. The second-order valence-electron chi connectivity index (χ2n) is 7.72. The average Bonchev–Trinajstić information content (AvgIpc) is 2.69. The Balaban J connectivity index is 1.50. The highest BCUT2D eigenvalue weighted by Gasteiger charge is 2.32. The maximum absolute atomic E-state index is 12.8. The maximum atomic E-state index is 12.8. The van der Waals surface area contributed by atoms with E-state index >= 15 is 0 Å². The zero-order valence-corrected chi connectivity index (χ0v) is 17.3. The van der Waals surface area contributed by atoms with Crippen LogP contribution in [-0.2, 0) is 0 Å². The molecule has 6 heteroatoms. The lowest BCUT2D eigenvalue weighted by molar-refractivity contribution is 0.0599. The smallest absolute Gasteiger partial charge is 0.253 e. The number of pyridine rings is 1. The summed E-state index contributed by atoms with van der Waals surface area (Å²) in [6, 6.07) is 13.6. The Hall–Kier alpha value is -3.28. The van der Waals surface area contributed by atoms with Crippen molar-refractivity contribution < 1.29 is 4.79 Å². The van der Waals surface area contributed by atoms with E-state index in [4.69, 9.17) is 4.98 Å². The SMILES string of the molecule is Cc1nc(N(C)C)nc(-c2ccc(C(=O)N3CC(c4ccccn4)C3)cc2)c1C. The number of nitrogens with zero attached hydrogens (tertiary/aromatic N) is 5. The fraction of sp³-hybridized carbons (Fsp3) is 0.304. The number of hydrogen-bond acceptors (Lipinski definition) is 5. The minimum atomic E-state index is 0.0632. The molecule has 0 spiro atoms. The molecule has 0 radical (unpaired) electrons. The van der Waals surface area contributed by atoms with Crippen molar-refractivity contribution in [3.8, 4) is 11.3 Å². The van der Waals surface area contributed by atoms with Crippen LogP contribution in [0.3, 0.4) is 0 Å². The van der Waals surface area contributed by atoms with Crippen LogP contribution in [0, 0.1) is 13.8 Å². The summed E-state index contributed by atoms with van der Waals surface area (Å²) in [6.07, 6.45) is 1.80. The lowest BCUT2D eigenvalue weighted by Gasteiger charge is -2.39. The van der Waals surface area contributed by atoms with Crippen LogP contribution in [-0.4, -0.2) is 52.9 Å². The number of carbonyl (C=O) groups is 1. The molecule has 3 aromatic rings. The van der Waals surface area contributed by atoms with Gasteiger partial charge in [0.25, 0.3) is 5.91 Å². The van der Waals surface area contributed by atoms with Gasteiger partial charge < -0.3 is 9.80 Å². The van der Waals surface area contributed by atoms with E-state index in [0.717, 1.165) is 28.2 Å². The lowest BCUT2D eigenvalue weighted by atomic mass is 9.94. The van der Waals surface area contributed by atoms with Crippen LogP contribution >= 0.6 is 0 Å². The monoisotopic (exact) mass is 387 g/mol. The van der Waals surface area contributed by atoms with Crippen molar-refractivity contribution in [3.05, 3.63) is 71.2 Å². The molecule has 1 amide bonds. The predicted molar refractivity (Wildman–Crippen MR) is 114 cm³/mol. The van der Waals surface area contributed by atoms with Crippen molar-refractivity contribution in [2.24, 2.45) is 0 Å². The number of amides is 1. The van der Waals surface area contributed by atoms with Crippen LogP contribution in [0.4, 0.5) is 5.95 Å². The van der Waals surface area contributed by atoms with E-state index in [0.29, 0.717) is 30.5 Å². The minimum Gasteiger partial charge on any atom is -0.347 e. The van der Waals surface area contributed by atoms with Gasteiger partial charge in [0.15, 0.2) is 0 Å². The van der Waals surface area contributed by atoms with Crippen LogP contribution in [0.25, 0.3) is 11.3 Å². The van der Waals surface area contributed by atoms with E-state index < -0.39 is 0 Å². The van der Waals surface area contributed by atoms with Gasteiger partial charge in [-0.2, -0.15) is 0 Å². The summed E-state index contributed by atoms with van der Waals surface area (Å²) in [6.45, 7) is 5.45. The van der Waals surface area contributed by atoms with Gasteiger partial charge in [-0.15, -0.1) is 0 Å². The quantitative estimate of drug-likeness (QED) is 0.686. The van der Waals surface area contributed by atoms with Gasteiger partial charge in [-0.05, 0) is 43.7 Å². The Morgan fingerprint density at radius 3 is 2.38 bits per heavy atom. The molecule has 29 heavy (non-hydrogen) atoms. The second kappa shape index (κ2) is 7.62. The van der Waals surface area contributed by atoms with Gasteiger partial charge in [-0.25, -0.2) is 9.97 Å². The predicted octanol–water partition coefficient (Wildman–Crippen LogP) is 3.46. The zero-order chi connectivity index (χ0) is 20.5. The molecule has 1 fully saturated rings. The maximum Gasteiger partial charge on any atom is 0.253 e. The molecule has 0 atom stereocenters. The first-order chi connectivity index (χ1) is 13.9. The molecule has 1 aliphatic rings. The summed E-state index contributed by atoms with van der Waals surface area (Å²) in [4.78, 5) is 30.2. The molecular formula is C23H25N5O. The second-order valence-corrected chi connectivity index (χ2v) is 7.72. The number of likely N-dealkylation sites (tertiary alicyclic amines) is 1. The minimum absolute atomic E-state index is 0.0632. The molecule has 0 aliphatic carbocycles. The molecular weight excluding hydrogens is 362 g/mol. The third kappa shape index (κ3) is 3.70. The molecule has 2 aromatic heterocycles. The summed E-state index contributed by atoms with van der Waals surface area (Å²) in [7, 11) is 3.86. The number of rotatable bonds is 4. The number of aromatic nitrogens is 3. The van der Waals surface area contributed by atoms with E-state index in [9.17, 15) is 4.79 Å². The van der Waals surface area contributed by atoms with Crippen molar-refractivity contribution in [3.63, 3.8) is 0 Å². The van der Waals surface area contributed by atoms with Crippen molar-refractivity contribution in [1.29, 1.82) is 0 Å². The van der Waals surface area contributed by atoms with E-state index in [1.165, 1.54) is 0 Å². The number of carbonyl (C=O) groups excluding carboxylic acids is 1. The van der Waals surface area contributed by atoms with E-state index in [-0.39, 0.29) is 5.91 Å². The molecule has 1 saturated heterocycles. The first-order valence-electron chi connectivity index (χ1n) is 9.77. The van der Waals surface area contributed by atoms with Gasteiger partial charge in [0.2, 0.25) is 5.95 Å². The lowest BCUT2D eigenvalue weighted by Crippen LogP contribution is -2.48. The summed E-state index contributed by atoms with van der Waals surface area (Å²) < 4.78 is 0. The molecule has 1 aliphatic heterocycles. The third-order valence-electron chi connectivity index (χ3n) is 5.46. The van der Waals surface area contributed by atoms with Crippen molar-refractivity contribution in [2.75, 3.05) is 32.1 Å². The Bertz CT molecular complexity index is 1030. The average molecular weight is 387 g/mol. The topological polar surface area (TPSA) is 62.2 Å². The Labute approximate surface area is 171 Å². The fourth-order valence-electron chi connectivity index (χ4n) is 3.50.